The SMILES string of the molecule is CC1(C)COC([C@](C)(Cl)[C@@H](NS(=O)(=O)c2ccccc2)c2ccccc2)=N1. The van der Waals surface area contributed by atoms with Crippen LogP contribution in [0.25, 0.3) is 0 Å². The molecule has 5 nitrogen and oxygen atoms in total. The number of hydrogen-bond donors (Lipinski definition) is 1. The molecule has 0 aromatic heterocycles. The highest BCUT2D eigenvalue weighted by atomic mass is 35.5. The number of nitrogens with one attached hydrogen (secondary N) is 1. The number of benzene rings is 2. The first-order valence-electron chi connectivity index (χ1n) is 8.66. The van der Waals surface area contributed by atoms with Crippen LogP contribution in [0.3, 0.4) is 0 Å². The van der Waals surface area contributed by atoms with Crippen molar-refractivity contribution in [1.82, 2.24) is 4.72 Å². The predicted molar refractivity (Wildman–Crippen MR) is 108 cm³/mol. The van der Waals surface area contributed by atoms with Gasteiger partial charge in [0.05, 0.1) is 16.5 Å². The Kier molecular flexibility index (Phi) is 5.34. The van der Waals surface area contributed by atoms with Crippen LogP contribution in [0.5, 0.6) is 0 Å². The fourth-order valence-electron chi connectivity index (χ4n) is 2.92. The molecule has 7 heteroatoms. The van der Waals surface area contributed by atoms with Gasteiger partial charge in [-0.2, -0.15) is 0 Å². The highest BCUT2D eigenvalue weighted by Crippen LogP contribution is 2.38. The molecule has 1 N–H and O–H groups in total. The monoisotopic (exact) mass is 406 g/mol. The van der Waals surface area contributed by atoms with E-state index < -0.39 is 26.5 Å². The van der Waals surface area contributed by atoms with Gasteiger partial charge in [0.25, 0.3) is 0 Å². The number of sulfonamides is 1. The van der Waals surface area contributed by atoms with Crippen LogP contribution in [0.4, 0.5) is 0 Å². The van der Waals surface area contributed by atoms with Crippen LogP contribution in [0.1, 0.15) is 32.4 Å². The molecule has 0 bridgehead atoms. The number of aliphatic imine (C=N–C) groups is 1. The quantitative estimate of drug-likeness (QED) is 0.739. The van der Waals surface area contributed by atoms with E-state index in [1.54, 1.807) is 37.3 Å². The third-order valence-electron chi connectivity index (χ3n) is 4.39. The number of nitrogens with zero attached hydrogens (tertiary/aromatic N) is 1. The Bertz CT molecular complexity index is 926. The van der Waals surface area contributed by atoms with E-state index in [-0.39, 0.29) is 4.90 Å². The van der Waals surface area contributed by atoms with Gasteiger partial charge in [-0.15, -0.1) is 11.6 Å². The fraction of sp³-hybridized carbons (Fsp3) is 0.350. The van der Waals surface area contributed by atoms with Crippen molar-refractivity contribution in [2.24, 2.45) is 4.99 Å². The third kappa shape index (κ3) is 4.34. The van der Waals surface area contributed by atoms with Crippen LogP contribution in [-0.2, 0) is 14.8 Å². The van der Waals surface area contributed by atoms with E-state index in [1.165, 1.54) is 0 Å². The molecule has 144 valence electrons. The summed E-state index contributed by atoms with van der Waals surface area (Å²) in [6.07, 6.45) is 0. The van der Waals surface area contributed by atoms with Gasteiger partial charge in [-0.1, -0.05) is 48.5 Å². The van der Waals surface area contributed by atoms with Crippen molar-refractivity contribution < 1.29 is 13.2 Å². The van der Waals surface area contributed by atoms with E-state index >= 15 is 0 Å². The van der Waals surface area contributed by atoms with Gasteiger partial charge < -0.3 is 4.74 Å². The average molecular weight is 407 g/mol. The Morgan fingerprint density at radius 2 is 1.67 bits per heavy atom. The summed E-state index contributed by atoms with van der Waals surface area (Å²) in [5, 5.41) is 0. The average Bonchev–Trinajstić information content (AvgIpc) is 3.02. The summed E-state index contributed by atoms with van der Waals surface area (Å²) in [6, 6.07) is 16.7. The molecule has 2 atom stereocenters. The summed E-state index contributed by atoms with van der Waals surface area (Å²) in [7, 11) is -3.79. The van der Waals surface area contributed by atoms with E-state index in [1.807, 2.05) is 44.2 Å². The fourth-order valence-corrected chi connectivity index (χ4v) is 4.59. The number of hydrogen-bond acceptors (Lipinski definition) is 4. The molecule has 0 amide bonds. The second-order valence-corrected chi connectivity index (χ2v) is 9.87. The van der Waals surface area contributed by atoms with Crippen molar-refractivity contribution in [3.8, 4) is 0 Å². The maximum atomic E-state index is 13.0. The van der Waals surface area contributed by atoms with E-state index in [0.29, 0.717) is 12.5 Å². The molecule has 1 aliphatic rings. The first-order valence-corrected chi connectivity index (χ1v) is 10.5. The van der Waals surface area contributed by atoms with Crippen LogP contribution < -0.4 is 4.72 Å². The molecule has 0 radical (unpaired) electrons. The Morgan fingerprint density at radius 1 is 1.11 bits per heavy atom. The molecule has 1 heterocycles. The predicted octanol–water partition coefficient (Wildman–Crippen LogP) is 3.91. The van der Waals surface area contributed by atoms with Crippen LogP contribution >= 0.6 is 11.6 Å². The van der Waals surface area contributed by atoms with Gasteiger partial charge in [-0.25, -0.2) is 18.1 Å². The van der Waals surface area contributed by atoms with Gasteiger partial charge >= 0.3 is 0 Å². The minimum Gasteiger partial charge on any atom is -0.477 e. The Hall–Kier alpha value is -1.89. The Balaban J connectivity index is 2.03. The molecule has 27 heavy (non-hydrogen) atoms. The van der Waals surface area contributed by atoms with Gasteiger partial charge in [0.1, 0.15) is 11.5 Å². The van der Waals surface area contributed by atoms with Crippen molar-refractivity contribution in [3.63, 3.8) is 0 Å². The number of rotatable bonds is 6. The summed E-state index contributed by atoms with van der Waals surface area (Å²) in [6.45, 7) is 6.01. The summed E-state index contributed by atoms with van der Waals surface area (Å²) < 4.78 is 34.4. The van der Waals surface area contributed by atoms with Crippen molar-refractivity contribution >= 4 is 27.5 Å². The summed E-state index contributed by atoms with van der Waals surface area (Å²) in [4.78, 5) is 3.55. The molecule has 0 saturated carbocycles. The lowest BCUT2D eigenvalue weighted by Gasteiger charge is -2.32. The van der Waals surface area contributed by atoms with Gasteiger partial charge in [0.2, 0.25) is 15.9 Å². The molecule has 0 aliphatic carbocycles. The molecule has 2 aromatic rings. The maximum absolute atomic E-state index is 13.0. The van der Waals surface area contributed by atoms with Crippen molar-refractivity contribution in [2.45, 2.75) is 42.1 Å². The van der Waals surface area contributed by atoms with Gasteiger partial charge in [0, 0.05) is 0 Å². The van der Waals surface area contributed by atoms with Crippen LogP contribution in [0, 0.1) is 0 Å². The Labute approximate surface area is 165 Å². The lowest BCUT2D eigenvalue weighted by atomic mass is 9.94. The zero-order valence-electron chi connectivity index (χ0n) is 15.5. The highest BCUT2D eigenvalue weighted by Gasteiger charge is 2.45. The smallest absolute Gasteiger partial charge is 0.241 e. The maximum Gasteiger partial charge on any atom is 0.241 e. The van der Waals surface area contributed by atoms with Crippen LogP contribution in [-0.4, -0.2) is 31.3 Å². The van der Waals surface area contributed by atoms with E-state index in [4.69, 9.17) is 16.3 Å². The summed E-state index contributed by atoms with van der Waals surface area (Å²) in [5.41, 5.74) is 0.330. The minimum atomic E-state index is -3.79. The van der Waals surface area contributed by atoms with Gasteiger partial charge in [0.15, 0.2) is 0 Å². The molecular formula is C20H23ClN2O3S. The van der Waals surface area contributed by atoms with Crippen LogP contribution in [0.2, 0.25) is 0 Å². The Morgan fingerprint density at radius 3 is 2.19 bits per heavy atom. The molecule has 1 aliphatic heterocycles. The number of halogens is 1. The first-order chi connectivity index (χ1) is 12.6. The second kappa shape index (κ2) is 7.26. The standard InChI is InChI=1S/C20H23ClN2O3S/c1-19(2)14-26-18(22-19)20(3,21)17(15-10-6-4-7-11-15)23-27(24,25)16-12-8-5-9-13-16/h4-13,17,23H,14H2,1-3H3/t17-,20+/m0/s1. The van der Waals surface area contributed by atoms with E-state index in [9.17, 15) is 8.42 Å². The molecular weight excluding hydrogens is 384 g/mol. The first kappa shape index (κ1) is 19.9. The van der Waals surface area contributed by atoms with Crippen molar-refractivity contribution in [2.75, 3.05) is 6.61 Å². The molecule has 0 unspecified atom stereocenters. The zero-order valence-corrected chi connectivity index (χ0v) is 17.1. The molecule has 0 saturated heterocycles. The van der Waals surface area contributed by atoms with E-state index in [0.717, 1.165) is 5.56 Å². The van der Waals surface area contributed by atoms with E-state index in [2.05, 4.69) is 9.71 Å². The number of alkyl halides is 1. The summed E-state index contributed by atoms with van der Waals surface area (Å²) >= 11 is 6.88. The number of ether oxygens (including phenoxy) is 1. The largest absolute Gasteiger partial charge is 0.477 e. The molecule has 0 fully saturated rings. The topological polar surface area (TPSA) is 67.8 Å². The normalized spacial score (nSPS) is 19.6. The van der Waals surface area contributed by atoms with Gasteiger partial charge in [-0.05, 0) is 38.5 Å². The minimum absolute atomic E-state index is 0.174. The summed E-state index contributed by atoms with van der Waals surface area (Å²) in [5.74, 6) is 0.332. The molecule has 0 spiro atoms. The zero-order chi connectivity index (χ0) is 19.7. The lowest BCUT2D eigenvalue weighted by Crippen LogP contribution is -2.45. The van der Waals surface area contributed by atoms with Crippen molar-refractivity contribution in [3.05, 3.63) is 66.2 Å². The third-order valence-corrected chi connectivity index (χ3v) is 6.20. The second-order valence-electron chi connectivity index (χ2n) is 7.37. The lowest BCUT2D eigenvalue weighted by molar-refractivity contribution is 0.265. The highest BCUT2D eigenvalue weighted by molar-refractivity contribution is 7.89. The molecule has 3 rings (SSSR count). The molecule has 2 aromatic carbocycles. The van der Waals surface area contributed by atoms with Crippen molar-refractivity contribution in [1.29, 1.82) is 0 Å². The van der Waals surface area contributed by atoms with Gasteiger partial charge in [-0.3, -0.25) is 0 Å². The van der Waals surface area contributed by atoms with Crippen LogP contribution in [0.15, 0.2) is 70.6 Å².